The van der Waals surface area contributed by atoms with Gasteiger partial charge in [0.2, 0.25) is 0 Å². The van der Waals surface area contributed by atoms with Crippen molar-refractivity contribution in [2.45, 2.75) is 0 Å². The lowest BCUT2D eigenvalue weighted by Crippen LogP contribution is -1.94. The van der Waals surface area contributed by atoms with Crippen LogP contribution in [-0.2, 0) is 0 Å². The summed E-state index contributed by atoms with van der Waals surface area (Å²) in [7, 11) is 0. The first-order valence-corrected chi connectivity index (χ1v) is 17.1. The molecule has 0 N–H and O–H groups in total. The molecule has 10 rings (SSSR count). The molecule has 10 aromatic rings. The molecule has 0 bridgehead atoms. The third-order valence-electron chi connectivity index (χ3n) is 10.0. The Labute approximate surface area is 289 Å². The number of aromatic nitrogens is 1. The van der Waals surface area contributed by atoms with E-state index in [1.165, 1.54) is 38.2 Å². The molecular weight excluding hydrogens is 607 g/mol. The summed E-state index contributed by atoms with van der Waals surface area (Å²) in [6, 6.07) is 67.4. The molecule has 0 radical (unpaired) electrons. The Morgan fingerprint density at radius 2 is 0.840 bits per heavy atom. The lowest BCUT2D eigenvalue weighted by molar-refractivity contribution is 0.663. The van der Waals surface area contributed by atoms with Gasteiger partial charge in [-0.1, -0.05) is 146 Å². The Morgan fingerprint density at radius 1 is 0.320 bits per heavy atom. The second-order valence-electron chi connectivity index (χ2n) is 12.9. The van der Waals surface area contributed by atoms with E-state index in [0.717, 1.165) is 55.0 Å². The zero-order valence-corrected chi connectivity index (χ0v) is 27.3. The van der Waals surface area contributed by atoms with Crippen LogP contribution in [0.4, 0.5) is 0 Å². The second kappa shape index (κ2) is 11.5. The number of benzene rings is 8. The Balaban J connectivity index is 1.50. The van der Waals surface area contributed by atoms with Crippen LogP contribution in [0.3, 0.4) is 0 Å². The van der Waals surface area contributed by atoms with Crippen molar-refractivity contribution in [2.75, 3.05) is 0 Å². The summed E-state index contributed by atoms with van der Waals surface area (Å²) < 4.78 is 9.45. The fourth-order valence-electron chi connectivity index (χ4n) is 7.73. The zero-order valence-electron chi connectivity index (χ0n) is 27.3. The summed E-state index contributed by atoms with van der Waals surface area (Å²) in [5.74, 6) is 0. The lowest BCUT2D eigenvalue weighted by Gasteiger charge is -2.12. The van der Waals surface area contributed by atoms with Gasteiger partial charge in [0.05, 0.1) is 11.0 Å². The van der Waals surface area contributed by atoms with Crippen molar-refractivity contribution in [1.82, 2.24) is 4.57 Å². The number of hydrogen-bond donors (Lipinski definition) is 0. The summed E-state index contributed by atoms with van der Waals surface area (Å²) in [5.41, 5.74) is 9.82. The van der Waals surface area contributed by atoms with Crippen molar-refractivity contribution in [2.24, 2.45) is 0 Å². The maximum atomic E-state index is 7.00. The van der Waals surface area contributed by atoms with Gasteiger partial charge in [0.25, 0.3) is 0 Å². The van der Waals surface area contributed by atoms with Crippen LogP contribution in [0.25, 0.3) is 93.2 Å². The van der Waals surface area contributed by atoms with E-state index in [9.17, 15) is 0 Å². The largest absolute Gasteiger partial charge is 0.456 e. The first-order chi connectivity index (χ1) is 24.8. The van der Waals surface area contributed by atoms with Gasteiger partial charge < -0.3 is 8.98 Å². The highest BCUT2D eigenvalue weighted by Gasteiger charge is 2.19. The number of hydrogen-bond acceptors (Lipinski definition) is 1. The third kappa shape index (κ3) is 4.50. The molecule has 50 heavy (non-hydrogen) atoms. The Kier molecular flexibility index (Phi) is 6.53. The van der Waals surface area contributed by atoms with E-state index in [-0.39, 0.29) is 0 Å². The maximum absolute atomic E-state index is 7.00. The summed E-state index contributed by atoms with van der Waals surface area (Å²) in [6.45, 7) is 0. The molecule has 2 heteroatoms. The van der Waals surface area contributed by atoms with Crippen LogP contribution >= 0.6 is 0 Å². The van der Waals surface area contributed by atoms with Crippen LogP contribution in [0.2, 0.25) is 0 Å². The van der Waals surface area contributed by atoms with Crippen LogP contribution in [0.15, 0.2) is 192 Å². The van der Waals surface area contributed by atoms with Crippen molar-refractivity contribution >= 4 is 65.3 Å². The second-order valence-corrected chi connectivity index (χ2v) is 12.9. The Bertz CT molecular complexity index is 2950. The summed E-state index contributed by atoms with van der Waals surface area (Å²) in [6.07, 6.45) is 0. The fraction of sp³-hybridized carbons (Fsp3) is 0. The van der Waals surface area contributed by atoms with Crippen molar-refractivity contribution in [1.29, 1.82) is 0 Å². The van der Waals surface area contributed by atoms with Crippen LogP contribution in [0, 0.1) is 0 Å². The molecule has 0 unspecified atom stereocenters. The predicted molar refractivity (Wildman–Crippen MR) is 212 cm³/mol. The van der Waals surface area contributed by atoms with Crippen LogP contribution in [0.5, 0.6) is 0 Å². The van der Waals surface area contributed by atoms with Gasteiger partial charge in [0, 0.05) is 32.6 Å². The number of para-hydroxylation sites is 2. The molecular formula is C48H31NO. The topological polar surface area (TPSA) is 18.1 Å². The zero-order chi connectivity index (χ0) is 33.0. The molecule has 8 aromatic carbocycles. The molecule has 0 aliphatic carbocycles. The van der Waals surface area contributed by atoms with Crippen LogP contribution in [0.1, 0.15) is 0 Å². The Hall–Kier alpha value is -6.64. The van der Waals surface area contributed by atoms with E-state index in [4.69, 9.17) is 4.42 Å². The lowest BCUT2D eigenvalue weighted by atomic mass is 9.96. The Morgan fingerprint density at radius 3 is 1.54 bits per heavy atom. The molecule has 0 saturated carbocycles. The maximum Gasteiger partial charge on any atom is 0.135 e. The highest BCUT2D eigenvalue weighted by Crippen LogP contribution is 2.43. The van der Waals surface area contributed by atoms with Crippen LogP contribution in [-0.4, -0.2) is 4.57 Å². The first kappa shape index (κ1) is 28.4. The van der Waals surface area contributed by atoms with E-state index in [1.807, 2.05) is 0 Å². The molecule has 0 spiro atoms. The van der Waals surface area contributed by atoms with Crippen molar-refractivity contribution in [3.8, 4) is 27.9 Å². The van der Waals surface area contributed by atoms with E-state index in [0.29, 0.717) is 0 Å². The van der Waals surface area contributed by atoms with Gasteiger partial charge in [-0.25, -0.2) is 0 Å². The van der Waals surface area contributed by atoms with E-state index in [1.54, 1.807) is 0 Å². The quantitative estimate of drug-likeness (QED) is 0.188. The number of fused-ring (bicyclic) bond motifs is 11. The SMILES string of the molecule is c1ccc(-c2ccc3oc4ccccc4c4ccccc4c4ccc5c6cc(-c7ccccc7)ccc6n(-c6ccccc6)c5c4c3c2)cc1. The normalized spacial score (nSPS) is 11.6. The summed E-state index contributed by atoms with van der Waals surface area (Å²) in [5, 5.41) is 9.19. The molecule has 0 atom stereocenters. The van der Waals surface area contributed by atoms with Crippen molar-refractivity contribution < 1.29 is 4.42 Å². The van der Waals surface area contributed by atoms with E-state index >= 15 is 0 Å². The standard InChI is InChI=1S/C48H31NO/c1-4-14-32(15-5-1)34-24-28-44-42(30-34)41-27-26-40-38-21-11-10-20-37(38)39-22-12-13-23-45(39)50-46-29-25-35(33-16-6-2-7-17-33)31-43(46)47(40)48(41)49(44)36-18-8-3-9-19-36/h1-31H. The van der Waals surface area contributed by atoms with Crippen molar-refractivity contribution in [3.05, 3.63) is 188 Å². The van der Waals surface area contributed by atoms with Crippen LogP contribution < -0.4 is 0 Å². The smallest absolute Gasteiger partial charge is 0.135 e. The minimum Gasteiger partial charge on any atom is -0.456 e. The van der Waals surface area contributed by atoms with Crippen molar-refractivity contribution in [3.63, 3.8) is 0 Å². The van der Waals surface area contributed by atoms with Gasteiger partial charge in [-0.2, -0.15) is 0 Å². The van der Waals surface area contributed by atoms with Gasteiger partial charge in [-0.15, -0.1) is 0 Å². The summed E-state index contributed by atoms with van der Waals surface area (Å²) in [4.78, 5) is 0. The monoisotopic (exact) mass is 637 g/mol. The molecule has 0 saturated heterocycles. The molecule has 0 fully saturated rings. The molecule has 2 nitrogen and oxygen atoms in total. The summed E-state index contributed by atoms with van der Waals surface area (Å²) >= 11 is 0. The average Bonchev–Trinajstić information content (AvgIpc) is 3.54. The highest BCUT2D eigenvalue weighted by molar-refractivity contribution is 6.29. The molecule has 0 amide bonds. The molecule has 0 aliphatic rings. The van der Waals surface area contributed by atoms with Gasteiger partial charge >= 0.3 is 0 Å². The molecule has 0 aliphatic heterocycles. The minimum atomic E-state index is 0.827. The third-order valence-corrected chi connectivity index (χ3v) is 10.0. The first-order valence-electron chi connectivity index (χ1n) is 17.1. The van der Waals surface area contributed by atoms with Gasteiger partial charge in [0.15, 0.2) is 0 Å². The fourth-order valence-corrected chi connectivity index (χ4v) is 7.73. The van der Waals surface area contributed by atoms with Gasteiger partial charge in [0.1, 0.15) is 11.2 Å². The number of nitrogens with zero attached hydrogens (tertiary/aromatic N) is 1. The average molecular weight is 638 g/mol. The number of rotatable bonds is 3. The predicted octanol–water partition coefficient (Wildman–Crippen LogP) is 13.4. The minimum absolute atomic E-state index is 0.827. The van der Waals surface area contributed by atoms with E-state index in [2.05, 4.69) is 193 Å². The molecule has 234 valence electrons. The van der Waals surface area contributed by atoms with E-state index < -0.39 is 0 Å². The van der Waals surface area contributed by atoms with Gasteiger partial charge in [-0.05, 0) is 80.9 Å². The van der Waals surface area contributed by atoms with Gasteiger partial charge in [-0.3, -0.25) is 0 Å². The molecule has 2 aromatic heterocycles. The highest BCUT2D eigenvalue weighted by atomic mass is 16.3. The molecule has 2 heterocycles.